The van der Waals surface area contributed by atoms with Gasteiger partial charge in [0.1, 0.15) is 0 Å². The lowest BCUT2D eigenvalue weighted by molar-refractivity contribution is -0.386. The summed E-state index contributed by atoms with van der Waals surface area (Å²) < 4.78 is 11.1. The number of carbonyl (C=O) groups excluding carboxylic acids is 1. The summed E-state index contributed by atoms with van der Waals surface area (Å²) in [6.07, 6.45) is 0. The van der Waals surface area contributed by atoms with Gasteiger partial charge in [-0.05, 0) is 43.2 Å². The second-order valence-corrected chi connectivity index (χ2v) is 7.63. The number of benzene rings is 3. The molecule has 168 valence electrons. The quantitative estimate of drug-likeness (QED) is 0.344. The number of nitro benzene ring substituents is 2. The van der Waals surface area contributed by atoms with Crippen molar-refractivity contribution >= 4 is 17.3 Å². The molecule has 0 fully saturated rings. The number of aromatic hydroxyl groups is 1. The lowest BCUT2D eigenvalue weighted by atomic mass is 9.76. The Balaban J connectivity index is 2.17. The van der Waals surface area contributed by atoms with Crippen molar-refractivity contribution in [1.82, 2.24) is 0 Å². The summed E-state index contributed by atoms with van der Waals surface area (Å²) in [5.74, 6) is -1.22. The largest absolute Gasteiger partial charge is 0.502 e. The van der Waals surface area contributed by atoms with E-state index in [0.29, 0.717) is 16.7 Å². The van der Waals surface area contributed by atoms with Gasteiger partial charge in [0.15, 0.2) is 17.1 Å². The van der Waals surface area contributed by atoms with Gasteiger partial charge < -0.3 is 14.6 Å². The number of hydrogen-bond acceptors (Lipinski definition) is 8. The first kappa shape index (κ1) is 21.8. The zero-order valence-corrected chi connectivity index (χ0v) is 17.8. The third-order valence-electron chi connectivity index (χ3n) is 5.77. The number of hydrogen-bond donors (Lipinski definition) is 1. The minimum absolute atomic E-state index is 0.0161. The second kappa shape index (κ2) is 7.59. The van der Waals surface area contributed by atoms with Crippen molar-refractivity contribution in [3.05, 3.63) is 102 Å². The number of fused-ring (bicyclic) bond motifs is 1. The predicted octanol–water partition coefficient (Wildman–Crippen LogP) is 4.30. The van der Waals surface area contributed by atoms with Gasteiger partial charge in [0, 0.05) is 28.8 Å². The van der Waals surface area contributed by atoms with Gasteiger partial charge in [0.25, 0.3) is 0 Å². The summed E-state index contributed by atoms with van der Waals surface area (Å²) in [5, 5.41) is 33.5. The first-order valence-corrected chi connectivity index (χ1v) is 9.76. The van der Waals surface area contributed by atoms with Gasteiger partial charge in [-0.3, -0.25) is 20.2 Å². The number of cyclic esters (lactones) is 1. The van der Waals surface area contributed by atoms with Gasteiger partial charge in [-0.15, -0.1) is 0 Å². The van der Waals surface area contributed by atoms with E-state index in [-0.39, 0.29) is 28.1 Å². The van der Waals surface area contributed by atoms with Gasteiger partial charge in [0.05, 0.1) is 22.5 Å². The van der Waals surface area contributed by atoms with Crippen LogP contribution in [0.1, 0.15) is 38.2 Å². The summed E-state index contributed by atoms with van der Waals surface area (Å²) in [4.78, 5) is 34.9. The first-order valence-electron chi connectivity index (χ1n) is 9.76. The molecule has 3 aromatic carbocycles. The van der Waals surface area contributed by atoms with Crippen LogP contribution in [0.5, 0.6) is 11.5 Å². The van der Waals surface area contributed by atoms with Gasteiger partial charge in [-0.25, -0.2) is 4.79 Å². The molecule has 0 aliphatic carbocycles. The summed E-state index contributed by atoms with van der Waals surface area (Å²) in [7, 11) is 1.30. The van der Waals surface area contributed by atoms with Crippen LogP contribution in [0.15, 0.2) is 48.5 Å². The Morgan fingerprint density at radius 3 is 2.09 bits per heavy atom. The van der Waals surface area contributed by atoms with Crippen molar-refractivity contribution in [2.24, 2.45) is 0 Å². The molecule has 3 aromatic rings. The summed E-state index contributed by atoms with van der Waals surface area (Å²) in [6.45, 7) is 3.27. The number of nitrogens with zero attached hydrogens (tertiary/aromatic N) is 2. The zero-order valence-electron chi connectivity index (χ0n) is 17.8. The van der Waals surface area contributed by atoms with Crippen LogP contribution >= 0.6 is 0 Å². The normalized spacial score (nSPS) is 16.8. The maximum atomic E-state index is 12.9. The Bertz CT molecular complexity index is 1350. The molecule has 0 saturated heterocycles. The van der Waals surface area contributed by atoms with E-state index >= 15 is 0 Å². The molecule has 1 heterocycles. The van der Waals surface area contributed by atoms with E-state index in [1.165, 1.54) is 25.3 Å². The van der Waals surface area contributed by atoms with Crippen molar-refractivity contribution in [1.29, 1.82) is 0 Å². The third kappa shape index (κ3) is 3.15. The Kier molecular flexibility index (Phi) is 5.00. The highest BCUT2D eigenvalue weighted by molar-refractivity contribution is 5.96. The number of phenolic OH excluding ortho intramolecular Hbond substituents is 1. The van der Waals surface area contributed by atoms with E-state index < -0.39 is 32.9 Å². The second-order valence-electron chi connectivity index (χ2n) is 7.63. The number of phenols is 1. The fourth-order valence-corrected chi connectivity index (χ4v) is 4.32. The van der Waals surface area contributed by atoms with E-state index in [0.717, 1.165) is 6.07 Å². The topological polar surface area (TPSA) is 142 Å². The molecule has 0 aromatic heterocycles. The molecule has 1 aliphatic rings. The predicted molar refractivity (Wildman–Crippen MR) is 116 cm³/mol. The van der Waals surface area contributed by atoms with Crippen LogP contribution in [-0.4, -0.2) is 28.0 Å². The molecule has 0 bridgehead atoms. The Morgan fingerprint density at radius 1 is 0.909 bits per heavy atom. The van der Waals surface area contributed by atoms with Gasteiger partial charge in [-0.2, -0.15) is 0 Å². The van der Waals surface area contributed by atoms with Crippen molar-refractivity contribution < 1.29 is 29.2 Å². The number of rotatable bonds is 5. The van der Waals surface area contributed by atoms with E-state index in [4.69, 9.17) is 9.47 Å². The molecular weight excluding hydrogens is 432 g/mol. The minimum Gasteiger partial charge on any atom is -0.502 e. The minimum atomic E-state index is -1.72. The number of nitro groups is 2. The molecule has 1 aliphatic heterocycles. The molecule has 10 nitrogen and oxygen atoms in total. The monoisotopic (exact) mass is 450 g/mol. The first-order chi connectivity index (χ1) is 15.6. The highest BCUT2D eigenvalue weighted by atomic mass is 16.6. The Morgan fingerprint density at radius 2 is 1.48 bits per heavy atom. The molecule has 0 amide bonds. The number of esters is 1. The van der Waals surface area contributed by atoms with Crippen molar-refractivity contribution in [2.45, 2.75) is 19.4 Å². The number of methoxy groups -OCH3 is 1. The van der Waals surface area contributed by atoms with Crippen LogP contribution in [-0.2, 0) is 10.3 Å². The Hall–Kier alpha value is -4.47. The zero-order chi connectivity index (χ0) is 24.1. The molecule has 1 N–H and O–H groups in total. The highest BCUT2D eigenvalue weighted by Crippen LogP contribution is 2.51. The average Bonchev–Trinajstić information content (AvgIpc) is 3.06. The van der Waals surface area contributed by atoms with Crippen LogP contribution in [0.25, 0.3) is 0 Å². The number of carbonyl (C=O) groups is 1. The fraction of sp³-hybridized carbons (Fsp3) is 0.174. The molecule has 1 unspecified atom stereocenters. The maximum Gasteiger partial charge on any atom is 0.340 e. The SMILES string of the molecule is COc1cc(C)c(C2(c3cc([N+](=O)[O-])c(O)cc3C)OC(=O)c3ccccc32)cc1[N+](=O)[O-]. The van der Waals surface area contributed by atoms with E-state index in [1.54, 1.807) is 38.1 Å². The Labute approximate surface area is 187 Å². The van der Waals surface area contributed by atoms with Crippen LogP contribution in [0.2, 0.25) is 0 Å². The standard InChI is InChI=1S/C23H18N2O8/c1-12-8-20(26)18(24(28)29)10-16(12)23(15-7-5-4-6-14(15)22(27)33-23)17-11-19(25(30)31)21(32-3)9-13(17)2/h4-11,26H,1-3H3. The van der Waals surface area contributed by atoms with E-state index in [9.17, 15) is 30.1 Å². The van der Waals surface area contributed by atoms with Crippen molar-refractivity contribution in [3.63, 3.8) is 0 Å². The molecule has 4 rings (SSSR count). The molecule has 1 atom stereocenters. The maximum absolute atomic E-state index is 12.9. The van der Waals surface area contributed by atoms with Gasteiger partial charge >= 0.3 is 17.3 Å². The van der Waals surface area contributed by atoms with Crippen molar-refractivity contribution in [3.8, 4) is 11.5 Å². The number of ether oxygens (including phenoxy) is 2. The third-order valence-corrected chi connectivity index (χ3v) is 5.77. The molecular formula is C23H18N2O8. The van der Waals surface area contributed by atoms with Gasteiger partial charge in [0.2, 0.25) is 0 Å². The lowest BCUT2D eigenvalue weighted by Crippen LogP contribution is -2.31. The molecule has 0 saturated carbocycles. The lowest BCUT2D eigenvalue weighted by Gasteiger charge is -2.32. The van der Waals surface area contributed by atoms with Crippen LogP contribution in [0, 0.1) is 34.1 Å². The smallest absolute Gasteiger partial charge is 0.340 e. The van der Waals surface area contributed by atoms with E-state index in [2.05, 4.69) is 0 Å². The molecule has 0 spiro atoms. The van der Waals surface area contributed by atoms with Crippen LogP contribution in [0.4, 0.5) is 11.4 Å². The average molecular weight is 450 g/mol. The summed E-state index contributed by atoms with van der Waals surface area (Å²) in [5.41, 5.74) is -0.731. The highest BCUT2D eigenvalue weighted by Gasteiger charge is 2.51. The van der Waals surface area contributed by atoms with E-state index in [1.807, 2.05) is 0 Å². The van der Waals surface area contributed by atoms with Crippen LogP contribution < -0.4 is 4.74 Å². The van der Waals surface area contributed by atoms with Gasteiger partial charge in [-0.1, -0.05) is 18.2 Å². The molecule has 0 radical (unpaired) electrons. The van der Waals surface area contributed by atoms with Crippen molar-refractivity contribution in [2.75, 3.05) is 7.11 Å². The fourth-order valence-electron chi connectivity index (χ4n) is 4.32. The molecule has 10 heteroatoms. The summed E-state index contributed by atoms with van der Waals surface area (Å²) >= 11 is 0. The van der Waals surface area contributed by atoms with Crippen LogP contribution in [0.3, 0.4) is 0 Å². The molecule has 33 heavy (non-hydrogen) atoms. The number of aryl methyl sites for hydroxylation is 2. The summed E-state index contributed by atoms with van der Waals surface area (Å²) in [6, 6.07) is 11.5.